The normalized spacial score (nSPS) is 26.2. The molecule has 0 aliphatic carbocycles. The topological polar surface area (TPSA) is 20.3 Å². The number of carbonyl (C=O) groups is 1. The monoisotopic (exact) mass is 303 g/mol. The Morgan fingerprint density at radius 3 is 2.30 bits per heavy atom. The van der Waals surface area contributed by atoms with Crippen LogP contribution in [-0.4, -0.2) is 17.9 Å². The molecule has 2 unspecified atom stereocenters. The van der Waals surface area contributed by atoms with E-state index in [-0.39, 0.29) is 22.9 Å². The van der Waals surface area contributed by atoms with E-state index in [0.717, 1.165) is 18.9 Å². The van der Waals surface area contributed by atoms with Crippen molar-refractivity contribution in [1.82, 2.24) is 0 Å². The minimum atomic E-state index is -4.46. The number of fused-ring (bicyclic) bond motifs is 2. The SMILES string of the molecule is O=C1CC2CCC(C1)N2c1ccc(Cl)c(C(F)(F)F)c1. The summed E-state index contributed by atoms with van der Waals surface area (Å²) in [5.41, 5.74) is -0.297. The second kappa shape index (κ2) is 4.65. The third-order valence-corrected chi connectivity index (χ3v) is 4.43. The third-order valence-electron chi connectivity index (χ3n) is 4.10. The van der Waals surface area contributed by atoms with Gasteiger partial charge in [-0.2, -0.15) is 13.2 Å². The summed E-state index contributed by atoms with van der Waals surface area (Å²) in [6.07, 6.45) is -1.88. The highest BCUT2D eigenvalue weighted by molar-refractivity contribution is 6.31. The number of piperidine rings is 1. The van der Waals surface area contributed by atoms with Crippen molar-refractivity contribution < 1.29 is 18.0 Å². The van der Waals surface area contributed by atoms with Crippen LogP contribution in [0.25, 0.3) is 0 Å². The van der Waals surface area contributed by atoms with Crippen LogP contribution in [0.4, 0.5) is 18.9 Å². The number of halogens is 4. The van der Waals surface area contributed by atoms with Crippen LogP contribution in [0.5, 0.6) is 0 Å². The Morgan fingerprint density at radius 2 is 1.75 bits per heavy atom. The fourth-order valence-corrected chi connectivity index (χ4v) is 3.51. The van der Waals surface area contributed by atoms with Crippen LogP contribution in [0.1, 0.15) is 31.2 Å². The quantitative estimate of drug-likeness (QED) is 0.780. The lowest BCUT2D eigenvalue weighted by atomic mass is 10.00. The number of alkyl halides is 3. The molecule has 0 spiro atoms. The Morgan fingerprint density at radius 1 is 1.15 bits per heavy atom. The number of rotatable bonds is 1. The predicted molar refractivity (Wildman–Crippen MR) is 70.0 cm³/mol. The highest BCUT2D eigenvalue weighted by atomic mass is 35.5. The van der Waals surface area contributed by atoms with Crippen LogP contribution >= 0.6 is 11.6 Å². The number of nitrogens with zero attached hydrogens (tertiary/aromatic N) is 1. The average Bonchev–Trinajstić information content (AvgIpc) is 2.62. The van der Waals surface area contributed by atoms with E-state index in [9.17, 15) is 18.0 Å². The maximum absolute atomic E-state index is 12.9. The van der Waals surface area contributed by atoms with Crippen molar-refractivity contribution in [3.8, 4) is 0 Å². The second-order valence-electron chi connectivity index (χ2n) is 5.40. The number of anilines is 1. The summed E-state index contributed by atoms with van der Waals surface area (Å²) >= 11 is 5.64. The van der Waals surface area contributed by atoms with Crippen molar-refractivity contribution >= 4 is 23.1 Å². The summed E-state index contributed by atoms with van der Waals surface area (Å²) in [5, 5.41) is -0.290. The first kappa shape index (κ1) is 13.7. The first-order valence-electron chi connectivity index (χ1n) is 6.53. The van der Waals surface area contributed by atoms with Gasteiger partial charge in [-0.3, -0.25) is 4.79 Å². The van der Waals surface area contributed by atoms with Crippen molar-refractivity contribution in [2.75, 3.05) is 4.90 Å². The molecule has 2 saturated heterocycles. The minimum Gasteiger partial charge on any atom is -0.365 e. The zero-order valence-corrected chi connectivity index (χ0v) is 11.3. The average molecular weight is 304 g/mol. The van der Waals surface area contributed by atoms with Gasteiger partial charge in [-0.05, 0) is 31.0 Å². The Balaban J connectivity index is 1.98. The molecule has 2 fully saturated rings. The van der Waals surface area contributed by atoms with Gasteiger partial charge in [0.1, 0.15) is 5.78 Å². The first-order valence-corrected chi connectivity index (χ1v) is 6.91. The second-order valence-corrected chi connectivity index (χ2v) is 5.81. The lowest BCUT2D eigenvalue weighted by molar-refractivity contribution is -0.137. The van der Waals surface area contributed by atoms with E-state index in [4.69, 9.17) is 11.6 Å². The molecular weight excluding hydrogens is 291 g/mol. The van der Waals surface area contributed by atoms with E-state index < -0.39 is 11.7 Å². The fraction of sp³-hybridized carbons (Fsp3) is 0.500. The van der Waals surface area contributed by atoms with Crippen molar-refractivity contribution in [2.24, 2.45) is 0 Å². The molecule has 2 bridgehead atoms. The lowest BCUT2D eigenvalue weighted by Crippen LogP contribution is -2.43. The zero-order chi connectivity index (χ0) is 14.5. The lowest BCUT2D eigenvalue weighted by Gasteiger charge is -2.36. The molecule has 0 saturated carbocycles. The number of benzene rings is 1. The van der Waals surface area contributed by atoms with Crippen molar-refractivity contribution in [1.29, 1.82) is 0 Å². The minimum absolute atomic E-state index is 0.0310. The number of ketones is 1. The highest BCUT2D eigenvalue weighted by Gasteiger charge is 2.41. The Labute approximate surface area is 119 Å². The van der Waals surface area contributed by atoms with Crippen LogP contribution < -0.4 is 4.90 Å². The van der Waals surface area contributed by atoms with E-state index >= 15 is 0 Å². The molecule has 0 aromatic heterocycles. The van der Waals surface area contributed by atoms with Crippen molar-refractivity contribution in [3.05, 3.63) is 28.8 Å². The molecule has 0 N–H and O–H groups in total. The zero-order valence-electron chi connectivity index (χ0n) is 10.6. The molecule has 1 aromatic rings. The number of carbonyl (C=O) groups excluding carboxylic acids is 1. The van der Waals surface area contributed by atoms with Crippen molar-refractivity contribution in [2.45, 2.75) is 43.9 Å². The third kappa shape index (κ3) is 2.28. The predicted octanol–water partition coefficient (Wildman–Crippen LogP) is 4.06. The van der Waals surface area contributed by atoms with E-state index in [2.05, 4.69) is 0 Å². The van der Waals surface area contributed by atoms with Crippen LogP contribution in [-0.2, 0) is 11.0 Å². The molecular formula is C14H13ClF3NO. The summed E-state index contributed by atoms with van der Waals surface area (Å²) in [6.45, 7) is 0. The smallest absolute Gasteiger partial charge is 0.365 e. The Hall–Kier alpha value is -1.23. The number of hydrogen-bond donors (Lipinski definition) is 0. The van der Waals surface area contributed by atoms with Crippen LogP contribution in [0.2, 0.25) is 5.02 Å². The van der Waals surface area contributed by atoms with Gasteiger partial charge < -0.3 is 4.90 Å². The van der Waals surface area contributed by atoms with E-state index in [0.29, 0.717) is 18.5 Å². The Bertz CT molecular complexity index is 542. The van der Waals surface area contributed by atoms with Gasteiger partial charge >= 0.3 is 6.18 Å². The molecule has 6 heteroatoms. The largest absolute Gasteiger partial charge is 0.417 e. The first-order chi connectivity index (χ1) is 9.36. The summed E-state index contributed by atoms with van der Waals surface area (Å²) in [6, 6.07) is 4.06. The van der Waals surface area contributed by atoms with E-state index in [1.165, 1.54) is 6.07 Å². The van der Waals surface area contributed by atoms with Gasteiger partial charge in [0.2, 0.25) is 0 Å². The van der Waals surface area contributed by atoms with Crippen LogP contribution in [0, 0.1) is 0 Å². The molecule has 1 aromatic carbocycles. The molecule has 2 nitrogen and oxygen atoms in total. The summed E-state index contributed by atoms with van der Waals surface area (Å²) in [4.78, 5) is 13.5. The van der Waals surface area contributed by atoms with Gasteiger partial charge in [0.15, 0.2) is 0 Å². The summed E-state index contributed by atoms with van der Waals surface area (Å²) in [5.74, 6) is 0.207. The fourth-order valence-electron chi connectivity index (χ4n) is 3.28. The van der Waals surface area contributed by atoms with Crippen LogP contribution in [0.15, 0.2) is 18.2 Å². The van der Waals surface area contributed by atoms with E-state index in [1.54, 1.807) is 6.07 Å². The Kier molecular flexibility index (Phi) is 3.20. The number of hydrogen-bond acceptors (Lipinski definition) is 2. The maximum atomic E-state index is 12.9. The molecule has 2 aliphatic rings. The standard InChI is InChI=1S/C14H13ClF3NO/c15-13-4-3-10(7-12(13)14(16,17)18)19-8-1-2-9(19)6-11(20)5-8/h3-4,7-9H,1-2,5-6H2. The van der Waals surface area contributed by atoms with E-state index in [1.807, 2.05) is 4.90 Å². The van der Waals surface area contributed by atoms with Gasteiger partial charge in [0, 0.05) is 30.6 Å². The van der Waals surface area contributed by atoms with Gasteiger partial charge in [0.05, 0.1) is 10.6 Å². The summed E-state index contributed by atoms with van der Waals surface area (Å²) < 4.78 is 38.7. The maximum Gasteiger partial charge on any atom is 0.417 e. The molecule has 2 atom stereocenters. The number of Topliss-reactive ketones (excluding diaryl/α,β-unsaturated/α-hetero) is 1. The molecule has 2 aliphatic heterocycles. The highest BCUT2D eigenvalue weighted by Crippen LogP contribution is 2.42. The van der Waals surface area contributed by atoms with Gasteiger partial charge in [-0.25, -0.2) is 0 Å². The molecule has 0 radical (unpaired) electrons. The molecule has 2 heterocycles. The van der Waals surface area contributed by atoms with Gasteiger partial charge in [0.25, 0.3) is 0 Å². The molecule has 0 amide bonds. The van der Waals surface area contributed by atoms with Crippen molar-refractivity contribution in [3.63, 3.8) is 0 Å². The summed E-state index contributed by atoms with van der Waals surface area (Å²) in [7, 11) is 0. The van der Waals surface area contributed by atoms with Gasteiger partial charge in [-0.15, -0.1) is 0 Å². The molecule has 3 rings (SSSR count). The molecule has 108 valence electrons. The van der Waals surface area contributed by atoms with Gasteiger partial charge in [-0.1, -0.05) is 11.6 Å². The van der Waals surface area contributed by atoms with Crippen LogP contribution in [0.3, 0.4) is 0 Å². The molecule has 20 heavy (non-hydrogen) atoms.